The number of amides is 1. The van der Waals surface area contributed by atoms with Crippen molar-refractivity contribution < 1.29 is 22.7 Å². The van der Waals surface area contributed by atoms with Crippen molar-refractivity contribution in [2.75, 3.05) is 5.75 Å². The molecule has 2 rings (SSSR count). The Kier molecular flexibility index (Phi) is 7.10. The normalized spacial score (nSPS) is 12.0. The number of nitriles is 1. The molecule has 1 amide bonds. The summed E-state index contributed by atoms with van der Waals surface area (Å²) in [4.78, 5) is 25.1. The fourth-order valence-electron chi connectivity index (χ4n) is 2.15. The molecule has 2 aromatic rings. The standard InChI is InChI=1S/C18H18N2O5S2/c1-13(17(21)20-11-16-3-2-9-26-16)25-18(22)15-6-4-14(5-7-15)12-27(23,24)10-8-19/h2-7,9,13H,10-12H2,1H3,(H,20,21)/t13-/m0/s1. The monoisotopic (exact) mass is 406 g/mol. The van der Waals surface area contributed by atoms with Gasteiger partial charge in [-0.1, -0.05) is 18.2 Å². The second-order valence-corrected chi connectivity index (χ2v) is 8.83. The van der Waals surface area contributed by atoms with Gasteiger partial charge in [-0.2, -0.15) is 5.26 Å². The SMILES string of the molecule is C[C@H](OC(=O)c1ccc(CS(=O)(=O)CC#N)cc1)C(=O)NCc1cccs1. The van der Waals surface area contributed by atoms with E-state index in [1.165, 1.54) is 42.5 Å². The minimum absolute atomic E-state index is 0.203. The van der Waals surface area contributed by atoms with Gasteiger partial charge in [0.25, 0.3) is 5.91 Å². The highest BCUT2D eigenvalue weighted by Crippen LogP contribution is 2.11. The van der Waals surface area contributed by atoms with E-state index < -0.39 is 33.6 Å². The third kappa shape index (κ3) is 6.51. The first kappa shape index (κ1) is 20.6. The topological polar surface area (TPSA) is 113 Å². The van der Waals surface area contributed by atoms with E-state index >= 15 is 0 Å². The predicted molar refractivity (Wildman–Crippen MR) is 101 cm³/mol. The number of hydrogen-bond acceptors (Lipinski definition) is 7. The Balaban J connectivity index is 1.89. The molecule has 27 heavy (non-hydrogen) atoms. The number of ether oxygens (including phenoxy) is 1. The minimum atomic E-state index is -3.50. The molecule has 7 nitrogen and oxygen atoms in total. The maximum Gasteiger partial charge on any atom is 0.338 e. The second kappa shape index (κ2) is 9.30. The van der Waals surface area contributed by atoms with Crippen LogP contribution in [0.4, 0.5) is 0 Å². The van der Waals surface area contributed by atoms with Crippen LogP contribution in [0.25, 0.3) is 0 Å². The van der Waals surface area contributed by atoms with E-state index in [9.17, 15) is 18.0 Å². The number of esters is 1. The number of benzene rings is 1. The van der Waals surface area contributed by atoms with Crippen LogP contribution in [0.2, 0.25) is 0 Å². The van der Waals surface area contributed by atoms with Crippen LogP contribution in [-0.4, -0.2) is 32.2 Å². The number of carbonyl (C=O) groups excluding carboxylic acids is 2. The number of thiophene rings is 1. The van der Waals surface area contributed by atoms with Crippen LogP contribution in [0.1, 0.15) is 27.7 Å². The first-order valence-electron chi connectivity index (χ1n) is 7.98. The lowest BCUT2D eigenvalue weighted by Crippen LogP contribution is -2.35. The van der Waals surface area contributed by atoms with E-state index in [0.29, 0.717) is 12.1 Å². The quantitative estimate of drug-likeness (QED) is 0.671. The largest absolute Gasteiger partial charge is 0.449 e. The Labute approximate surface area is 161 Å². The summed E-state index contributed by atoms with van der Waals surface area (Å²) in [7, 11) is -3.50. The van der Waals surface area contributed by atoms with E-state index in [2.05, 4.69) is 5.32 Å². The lowest BCUT2D eigenvalue weighted by atomic mass is 10.1. The summed E-state index contributed by atoms with van der Waals surface area (Å²) in [6.45, 7) is 1.84. The van der Waals surface area contributed by atoms with E-state index in [1.807, 2.05) is 17.5 Å². The number of carbonyl (C=O) groups is 2. The van der Waals surface area contributed by atoms with Crippen LogP contribution in [0.15, 0.2) is 41.8 Å². The van der Waals surface area contributed by atoms with Gasteiger partial charge < -0.3 is 10.1 Å². The smallest absolute Gasteiger partial charge is 0.338 e. The number of nitrogens with zero attached hydrogens (tertiary/aromatic N) is 1. The van der Waals surface area contributed by atoms with Crippen LogP contribution >= 0.6 is 11.3 Å². The molecule has 9 heteroatoms. The van der Waals surface area contributed by atoms with E-state index in [4.69, 9.17) is 10.00 Å². The van der Waals surface area contributed by atoms with Crippen molar-refractivity contribution in [3.63, 3.8) is 0 Å². The lowest BCUT2D eigenvalue weighted by molar-refractivity contribution is -0.129. The molecule has 1 aromatic heterocycles. The van der Waals surface area contributed by atoms with Gasteiger partial charge in [0.15, 0.2) is 15.9 Å². The molecule has 1 atom stereocenters. The molecule has 0 bridgehead atoms. The average Bonchev–Trinajstić information content (AvgIpc) is 3.13. The van der Waals surface area contributed by atoms with E-state index in [-0.39, 0.29) is 11.3 Å². The van der Waals surface area contributed by atoms with Crippen molar-refractivity contribution in [3.05, 3.63) is 57.8 Å². The highest BCUT2D eigenvalue weighted by atomic mass is 32.2. The number of hydrogen-bond donors (Lipinski definition) is 1. The zero-order valence-corrected chi connectivity index (χ0v) is 16.2. The lowest BCUT2D eigenvalue weighted by Gasteiger charge is -2.13. The fraction of sp³-hybridized carbons (Fsp3) is 0.278. The molecule has 1 aromatic carbocycles. The van der Waals surface area contributed by atoms with Gasteiger partial charge in [0.1, 0.15) is 5.75 Å². The van der Waals surface area contributed by atoms with Gasteiger partial charge in [-0.05, 0) is 36.1 Å². The zero-order chi connectivity index (χ0) is 19.9. The molecule has 0 fully saturated rings. The van der Waals surface area contributed by atoms with Crippen LogP contribution in [0.5, 0.6) is 0 Å². The summed E-state index contributed by atoms with van der Waals surface area (Å²) in [6.07, 6.45) is -0.965. The van der Waals surface area contributed by atoms with Gasteiger partial charge >= 0.3 is 5.97 Å². The molecule has 1 N–H and O–H groups in total. The number of nitrogens with one attached hydrogen (secondary N) is 1. The Morgan fingerprint density at radius 2 is 1.96 bits per heavy atom. The van der Waals surface area contributed by atoms with Gasteiger partial charge in [-0.25, -0.2) is 13.2 Å². The Hall–Kier alpha value is -2.70. The van der Waals surface area contributed by atoms with Crippen molar-refractivity contribution in [3.8, 4) is 6.07 Å². The van der Waals surface area contributed by atoms with Crippen LogP contribution in [-0.2, 0) is 31.7 Å². The van der Waals surface area contributed by atoms with Crippen LogP contribution in [0.3, 0.4) is 0 Å². The number of rotatable bonds is 8. The molecule has 0 aliphatic heterocycles. The third-order valence-electron chi connectivity index (χ3n) is 3.53. The Bertz CT molecular complexity index is 929. The van der Waals surface area contributed by atoms with Crippen molar-refractivity contribution in [1.29, 1.82) is 5.26 Å². The van der Waals surface area contributed by atoms with Gasteiger partial charge in [-0.3, -0.25) is 4.79 Å². The average molecular weight is 406 g/mol. The molecule has 0 radical (unpaired) electrons. The maximum absolute atomic E-state index is 12.1. The predicted octanol–water partition coefficient (Wildman–Crippen LogP) is 2.05. The molecule has 0 spiro atoms. The zero-order valence-electron chi connectivity index (χ0n) is 14.5. The molecule has 0 aliphatic carbocycles. The molecular weight excluding hydrogens is 388 g/mol. The summed E-state index contributed by atoms with van der Waals surface area (Å²) in [5.74, 6) is -1.93. The summed E-state index contributed by atoms with van der Waals surface area (Å²) >= 11 is 1.51. The minimum Gasteiger partial charge on any atom is -0.449 e. The van der Waals surface area contributed by atoms with Gasteiger partial charge in [0.05, 0.1) is 23.9 Å². The molecule has 1 heterocycles. The van der Waals surface area contributed by atoms with E-state index in [0.717, 1.165) is 4.88 Å². The Morgan fingerprint density at radius 1 is 1.26 bits per heavy atom. The van der Waals surface area contributed by atoms with Gasteiger partial charge in [0.2, 0.25) is 0 Å². The summed E-state index contributed by atoms with van der Waals surface area (Å²) in [6, 6.07) is 11.2. The molecule has 0 saturated carbocycles. The summed E-state index contributed by atoms with van der Waals surface area (Å²) in [5, 5.41) is 13.1. The third-order valence-corrected chi connectivity index (χ3v) is 5.75. The van der Waals surface area contributed by atoms with E-state index in [1.54, 1.807) is 6.07 Å². The highest BCUT2D eigenvalue weighted by Gasteiger charge is 2.19. The fourth-order valence-corrected chi connectivity index (χ4v) is 3.80. The second-order valence-electron chi connectivity index (χ2n) is 5.73. The molecule has 0 aliphatic rings. The van der Waals surface area contributed by atoms with Crippen LogP contribution < -0.4 is 5.32 Å². The van der Waals surface area contributed by atoms with Crippen LogP contribution in [0, 0.1) is 11.3 Å². The van der Waals surface area contributed by atoms with Gasteiger partial charge in [-0.15, -0.1) is 11.3 Å². The Morgan fingerprint density at radius 3 is 2.56 bits per heavy atom. The summed E-state index contributed by atoms with van der Waals surface area (Å²) < 4.78 is 28.4. The first-order chi connectivity index (χ1) is 12.8. The summed E-state index contributed by atoms with van der Waals surface area (Å²) in [5.41, 5.74) is 0.665. The van der Waals surface area contributed by atoms with Crippen molar-refractivity contribution in [1.82, 2.24) is 5.32 Å². The molecule has 142 valence electrons. The molecular formula is C18H18N2O5S2. The van der Waals surface area contributed by atoms with Gasteiger partial charge in [0, 0.05) is 4.88 Å². The molecule has 0 unspecified atom stereocenters. The molecule has 0 saturated heterocycles. The van der Waals surface area contributed by atoms with Crippen molar-refractivity contribution >= 4 is 33.1 Å². The highest BCUT2D eigenvalue weighted by molar-refractivity contribution is 7.90. The first-order valence-corrected chi connectivity index (χ1v) is 10.7. The maximum atomic E-state index is 12.1. The van der Waals surface area contributed by atoms with Crippen molar-refractivity contribution in [2.45, 2.75) is 25.3 Å². The van der Waals surface area contributed by atoms with Crippen molar-refractivity contribution in [2.24, 2.45) is 0 Å². The number of sulfone groups is 1.